The highest BCUT2D eigenvalue weighted by atomic mass is 32.1. The van der Waals surface area contributed by atoms with Crippen LogP contribution in [0, 0.1) is 12.7 Å². The lowest BCUT2D eigenvalue weighted by Gasteiger charge is -2.11. The molecule has 3 aromatic carbocycles. The molecule has 0 aliphatic rings. The standard InChI is InChI=1S/C28H19F4N3OS/c1-15-12-17(8-10-21(15)28(30,31)32)24-11-9-19(37-24)14-23-26(27(33)36)34-22-7-3-6-20(25(22)35-23)16-4-2-5-18(29)13-16/h2-13H,14H2,1H3,(H2,33,36). The summed E-state index contributed by atoms with van der Waals surface area (Å²) in [5.74, 6) is -1.11. The van der Waals surface area contributed by atoms with Crippen LogP contribution in [0.1, 0.15) is 32.2 Å². The third-order valence-corrected chi connectivity index (χ3v) is 7.09. The summed E-state index contributed by atoms with van der Waals surface area (Å²) in [7, 11) is 0. The van der Waals surface area contributed by atoms with Gasteiger partial charge in [0, 0.05) is 21.7 Å². The number of nitrogens with zero attached hydrogens (tertiary/aromatic N) is 2. The zero-order valence-electron chi connectivity index (χ0n) is 19.4. The number of alkyl halides is 3. The van der Waals surface area contributed by atoms with E-state index in [1.165, 1.54) is 42.5 Å². The molecule has 37 heavy (non-hydrogen) atoms. The second kappa shape index (κ2) is 9.40. The Bertz CT molecular complexity index is 1660. The van der Waals surface area contributed by atoms with Crippen LogP contribution in [0.15, 0.2) is 72.8 Å². The number of amides is 1. The average Bonchev–Trinajstić information content (AvgIpc) is 3.31. The van der Waals surface area contributed by atoms with Crippen LogP contribution in [0.2, 0.25) is 0 Å². The number of fused-ring (bicyclic) bond motifs is 1. The van der Waals surface area contributed by atoms with E-state index in [0.717, 1.165) is 15.8 Å². The van der Waals surface area contributed by atoms with Crippen molar-refractivity contribution in [1.82, 2.24) is 9.97 Å². The van der Waals surface area contributed by atoms with E-state index in [9.17, 15) is 22.4 Å². The summed E-state index contributed by atoms with van der Waals surface area (Å²) in [5.41, 5.74) is 8.37. The summed E-state index contributed by atoms with van der Waals surface area (Å²) in [4.78, 5) is 23.0. The van der Waals surface area contributed by atoms with E-state index in [0.29, 0.717) is 33.4 Å². The van der Waals surface area contributed by atoms with Gasteiger partial charge in [0.15, 0.2) is 5.69 Å². The van der Waals surface area contributed by atoms with E-state index in [4.69, 9.17) is 10.7 Å². The number of primary amides is 1. The number of hydrogen-bond donors (Lipinski definition) is 1. The molecule has 0 radical (unpaired) electrons. The van der Waals surface area contributed by atoms with E-state index in [2.05, 4.69) is 4.98 Å². The fourth-order valence-electron chi connectivity index (χ4n) is 4.25. The maximum absolute atomic E-state index is 13.9. The molecule has 4 nitrogen and oxygen atoms in total. The lowest BCUT2D eigenvalue weighted by Crippen LogP contribution is -2.17. The number of benzene rings is 3. The Balaban J connectivity index is 1.54. The summed E-state index contributed by atoms with van der Waals surface area (Å²) >= 11 is 1.38. The number of thiophene rings is 1. The molecule has 0 saturated carbocycles. The number of halogens is 4. The maximum Gasteiger partial charge on any atom is 0.416 e. The normalized spacial score (nSPS) is 11.7. The molecule has 9 heteroatoms. The molecular weight excluding hydrogens is 502 g/mol. The van der Waals surface area contributed by atoms with Crippen molar-refractivity contribution in [3.05, 3.63) is 106 Å². The van der Waals surface area contributed by atoms with Gasteiger partial charge in [0.2, 0.25) is 0 Å². The molecule has 5 rings (SSSR count). The first-order valence-electron chi connectivity index (χ1n) is 11.2. The highest BCUT2D eigenvalue weighted by Gasteiger charge is 2.32. The van der Waals surface area contributed by atoms with E-state index in [1.807, 2.05) is 12.1 Å². The predicted octanol–water partition coefficient (Wildman–Crippen LogP) is 7.18. The number of carbonyl (C=O) groups is 1. The molecule has 0 aliphatic carbocycles. The van der Waals surface area contributed by atoms with Gasteiger partial charge in [-0.2, -0.15) is 13.2 Å². The molecular formula is C28H19F4N3OS. The third kappa shape index (κ3) is 4.95. The minimum absolute atomic E-state index is 0.0317. The average molecular weight is 522 g/mol. The number of rotatable bonds is 5. The van der Waals surface area contributed by atoms with Gasteiger partial charge in [0.25, 0.3) is 5.91 Å². The van der Waals surface area contributed by atoms with Gasteiger partial charge in [-0.25, -0.2) is 14.4 Å². The van der Waals surface area contributed by atoms with Gasteiger partial charge in [-0.1, -0.05) is 36.4 Å². The Hall–Kier alpha value is -4.11. The number of hydrogen-bond acceptors (Lipinski definition) is 4. The van der Waals surface area contributed by atoms with Crippen LogP contribution in [-0.4, -0.2) is 15.9 Å². The van der Waals surface area contributed by atoms with Gasteiger partial charge in [-0.15, -0.1) is 11.3 Å². The minimum atomic E-state index is -4.41. The molecule has 2 heterocycles. The third-order valence-electron chi connectivity index (χ3n) is 5.96. The van der Waals surface area contributed by atoms with Gasteiger partial charge in [-0.3, -0.25) is 4.79 Å². The molecule has 5 aromatic rings. The number of aromatic nitrogens is 2. The second-order valence-electron chi connectivity index (χ2n) is 8.54. The van der Waals surface area contributed by atoms with Crippen LogP contribution >= 0.6 is 11.3 Å². The Morgan fingerprint density at radius 2 is 1.73 bits per heavy atom. The van der Waals surface area contributed by atoms with Crippen LogP contribution < -0.4 is 5.73 Å². The molecule has 0 spiro atoms. The molecule has 186 valence electrons. The van der Waals surface area contributed by atoms with Crippen molar-refractivity contribution >= 4 is 28.3 Å². The summed E-state index contributed by atoms with van der Waals surface area (Å²) in [5, 5.41) is 0. The topological polar surface area (TPSA) is 68.9 Å². The van der Waals surface area contributed by atoms with E-state index in [1.54, 1.807) is 30.3 Å². The van der Waals surface area contributed by atoms with Crippen molar-refractivity contribution in [2.24, 2.45) is 5.73 Å². The molecule has 0 fully saturated rings. The van der Waals surface area contributed by atoms with Crippen LogP contribution in [0.5, 0.6) is 0 Å². The van der Waals surface area contributed by atoms with Crippen LogP contribution in [0.4, 0.5) is 17.6 Å². The molecule has 0 bridgehead atoms. The largest absolute Gasteiger partial charge is 0.416 e. The summed E-state index contributed by atoms with van der Waals surface area (Å²) in [6, 6.07) is 19.1. The second-order valence-corrected chi connectivity index (χ2v) is 9.71. The minimum Gasteiger partial charge on any atom is -0.364 e. The molecule has 0 saturated heterocycles. The monoisotopic (exact) mass is 521 g/mol. The number of aryl methyl sites for hydroxylation is 1. The Labute approximate surface area is 213 Å². The first-order chi connectivity index (χ1) is 17.6. The SMILES string of the molecule is Cc1cc(-c2ccc(Cc3nc4c(-c5cccc(F)c5)cccc4nc3C(N)=O)s2)ccc1C(F)(F)F. The number of carbonyl (C=O) groups excluding carboxylic acids is 1. The highest BCUT2D eigenvalue weighted by molar-refractivity contribution is 7.15. The first kappa shape index (κ1) is 24.6. The Kier molecular flexibility index (Phi) is 6.25. The van der Waals surface area contributed by atoms with Crippen molar-refractivity contribution in [3.63, 3.8) is 0 Å². The van der Waals surface area contributed by atoms with E-state index in [-0.39, 0.29) is 23.5 Å². The molecule has 2 aromatic heterocycles. The Morgan fingerprint density at radius 3 is 2.43 bits per heavy atom. The fourth-order valence-corrected chi connectivity index (χ4v) is 5.26. The Morgan fingerprint density at radius 1 is 0.946 bits per heavy atom. The van der Waals surface area contributed by atoms with E-state index < -0.39 is 17.6 Å². The van der Waals surface area contributed by atoms with Crippen molar-refractivity contribution in [2.45, 2.75) is 19.5 Å². The number of nitrogens with two attached hydrogens (primary N) is 1. The molecule has 0 unspecified atom stereocenters. The van der Waals surface area contributed by atoms with Crippen LogP contribution in [-0.2, 0) is 12.6 Å². The van der Waals surface area contributed by atoms with Gasteiger partial charge in [-0.05, 0) is 60.0 Å². The van der Waals surface area contributed by atoms with E-state index >= 15 is 0 Å². The zero-order valence-corrected chi connectivity index (χ0v) is 20.3. The lowest BCUT2D eigenvalue weighted by atomic mass is 10.0. The summed E-state index contributed by atoms with van der Waals surface area (Å²) in [6.45, 7) is 1.43. The number of para-hydroxylation sites is 1. The van der Waals surface area contributed by atoms with Crippen molar-refractivity contribution in [2.75, 3.05) is 0 Å². The molecule has 0 aliphatic heterocycles. The van der Waals surface area contributed by atoms with Crippen LogP contribution in [0.3, 0.4) is 0 Å². The lowest BCUT2D eigenvalue weighted by molar-refractivity contribution is -0.138. The predicted molar refractivity (Wildman–Crippen MR) is 136 cm³/mol. The van der Waals surface area contributed by atoms with Gasteiger partial charge < -0.3 is 5.73 Å². The van der Waals surface area contributed by atoms with Gasteiger partial charge in [0.05, 0.1) is 22.3 Å². The van der Waals surface area contributed by atoms with Crippen molar-refractivity contribution in [1.29, 1.82) is 0 Å². The zero-order chi connectivity index (χ0) is 26.3. The van der Waals surface area contributed by atoms with Crippen LogP contribution in [0.25, 0.3) is 32.6 Å². The summed E-state index contributed by atoms with van der Waals surface area (Å²) in [6.07, 6.45) is -4.17. The molecule has 1 amide bonds. The fraction of sp³-hybridized carbons (Fsp3) is 0.107. The maximum atomic E-state index is 13.9. The quantitative estimate of drug-likeness (QED) is 0.249. The molecule has 0 atom stereocenters. The van der Waals surface area contributed by atoms with Gasteiger partial charge >= 0.3 is 6.18 Å². The van der Waals surface area contributed by atoms with Crippen molar-refractivity contribution < 1.29 is 22.4 Å². The highest BCUT2D eigenvalue weighted by Crippen LogP contribution is 2.36. The first-order valence-corrected chi connectivity index (χ1v) is 12.0. The van der Waals surface area contributed by atoms with Crippen molar-refractivity contribution in [3.8, 4) is 21.6 Å². The molecule has 2 N–H and O–H groups in total. The van der Waals surface area contributed by atoms with Gasteiger partial charge in [0.1, 0.15) is 5.82 Å². The summed E-state index contributed by atoms with van der Waals surface area (Å²) < 4.78 is 53.3. The smallest absolute Gasteiger partial charge is 0.364 e.